The molecule has 0 spiro atoms. The van der Waals surface area contributed by atoms with E-state index in [0.29, 0.717) is 6.10 Å². The summed E-state index contributed by atoms with van der Waals surface area (Å²) >= 11 is 0. The maximum atomic E-state index is 8.62. The molecule has 1 saturated carbocycles. The third-order valence-corrected chi connectivity index (χ3v) is 3.26. The van der Waals surface area contributed by atoms with Crippen molar-refractivity contribution in [1.82, 2.24) is 0 Å². The van der Waals surface area contributed by atoms with E-state index in [-0.39, 0.29) is 5.60 Å². The molecule has 1 aliphatic carbocycles. The highest BCUT2D eigenvalue weighted by atomic mass is 16.5. The normalized spacial score (nSPS) is 22.2. The zero-order valence-corrected chi connectivity index (χ0v) is 10.5. The van der Waals surface area contributed by atoms with Crippen molar-refractivity contribution in [3.63, 3.8) is 0 Å². The Morgan fingerprint density at radius 3 is 2.50 bits per heavy atom. The number of hydrogen-bond acceptors (Lipinski definition) is 4. The molecule has 0 unspecified atom stereocenters. The Morgan fingerprint density at radius 1 is 1.38 bits per heavy atom. The predicted octanol–water partition coefficient (Wildman–Crippen LogP) is 2.59. The molecule has 0 heterocycles. The van der Waals surface area contributed by atoms with Gasteiger partial charge in [0.15, 0.2) is 0 Å². The quantitative estimate of drug-likeness (QED) is 0.582. The number of nitrogens with zero attached hydrogens (tertiary/aromatic N) is 1. The summed E-state index contributed by atoms with van der Waals surface area (Å²) in [6.07, 6.45) is 4.86. The van der Waals surface area contributed by atoms with Crippen molar-refractivity contribution in [2.75, 3.05) is 13.7 Å². The van der Waals surface area contributed by atoms with E-state index < -0.39 is 0 Å². The molecule has 0 saturated heterocycles. The first-order valence-corrected chi connectivity index (χ1v) is 5.94. The Labute approximate surface area is 97.6 Å². The van der Waals surface area contributed by atoms with Crippen LogP contribution in [0.4, 0.5) is 0 Å². The summed E-state index contributed by atoms with van der Waals surface area (Å²) in [6, 6.07) is 0. The van der Waals surface area contributed by atoms with Gasteiger partial charge in [-0.2, -0.15) is 0 Å². The second-order valence-electron chi connectivity index (χ2n) is 4.95. The van der Waals surface area contributed by atoms with Crippen molar-refractivity contribution in [3.8, 4) is 0 Å². The van der Waals surface area contributed by atoms with Gasteiger partial charge >= 0.3 is 0 Å². The monoisotopic (exact) mass is 229 g/mol. The van der Waals surface area contributed by atoms with Gasteiger partial charge < -0.3 is 14.7 Å². The van der Waals surface area contributed by atoms with E-state index in [1.165, 1.54) is 0 Å². The maximum absolute atomic E-state index is 8.62. The highest BCUT2D eigenvalue weighted by molar-refractivity contribution is 5.84. The van der Waals surface area contributed by atoms with Gasteiger partial charge in [0.05, 0.1) is 17.4 Å². The van der Waals surface area contributed by atoms with Gasteiger partial charge in [0.25, 0.3) is 0 Å². The topological polar surface area (TPSA) is 51.0 Å². The zero-order chi connectivity index (χ0) is 12.0. The molecular weight excluding hydrogens is 206 g/mol. The van der Waals surface area contributed by atoms with Crippen molar-refractivity contribution in [3.05, 3.63) is 0 Å². The number of methoxy groups -OCH3 is 1. The average molecular weight is 229 g/mol. The number of rotatable bonds is 5. The fourth-order valence-corrected chi connectivity index (χ4v) is 1.76. The van der Waals surface area contributed by atoms with Crippen LogP contribution in [0.25, 0.3) is 0 Å². The van der Waals surface area contributed by atoms with Gasteiger partial charge in [-0.05, 0) is 46.0 Å². The number of oxime groups is 1. The molecular formula is C12H23NO3. The molecule has 0 aliphatic heterocycles. The standard InChI is InChI=1S/C12H23NO3/c1-12(2,15-3)8-9-16-11-6-4-10(13-14)5-7-11/h11,14H,4-9H2,1-3H3. The van der Waals surface area contributed by atoms with E-state index in [1.807, 2.05) is 0 Å². The summed E-state index contributed by atoms with van der Waals surface area (Å²) in [5.41, 5.74) is 0.795. The molecule has 1 fully saturated rings. The fraction of sp³-hybridized carbons (Fsp3) is 0.917. The highest BCUT2D eigenvalue weighted by Gasteiger charge is 2.20. The summed E-state index contributed by atoms with van der Waals surface area (Å²) in [4.78, 5) is 0. The lowest BCUT2D eigenvalue weighted by atomic mass is 9.96. The lowest BCUT2D eigenvalue weighted by molar-refractivity contribution is -0.0305. The second kappa shape index (κ2) is 6.21. The summed E-state index contributed by atoms with van der Waals surface area (Å²) < 4.78 is 11.1. The number of hydrogen-bond donors (Lipinski definition) is 1. The Balaban J connectivity index is 2.16. The first-order chi connectivity index (χ1) is 7.57. The van der Waals surface area contributed by atoms with Crippen molar-refractivity contribution in [2.45, 2.75) is 57.7 Å². The van der Waals surface area contributed by atoms with Crippen molar-refractivity contribution in [2.24, 2.45) is 5.16 Å². The third kappa shape index (κ3) is 4.49. The van der Waals surface area contributed by atoms with Crippen LogP contribution >= 0.6 is 0 Å². The van der Waals surface area contributed by atoms with E-state index in [0.717, 1.165) is 44.4 Å². The lowest BCUT2D eigenvalue weighted by Gasteiger charge is -2.26. The minimum atomic E-state index is -0.105. The van der Waals surface area contributed by atoms with Gasteiger partial charge in [-0.25, -0.2) is 0 Å². The van der Waals surface area contributed by atoms with Crippen LogP contribution in [-0.2, 0) is 9.47 Å². The third-order valence-electron chi connectivity index (χ3n) is 3.26. The summed E-state index contributed by atoms with van der Waals surface area (Å²) in [5.74, 6) is 0. The van der Waals surface area contributed by atoms with Gasteiger partial charge in [0.1, 0.15) is 0 Å². The van der Waals surface area contributed by atoms with E-state index in [9.17, 15) is 0 Å². The van der Waals surface area contributed by atoms with Crippen molar-refractivity contribution < 1.29 is 14.7 Å². The molecule has 1 rings (SSSR count). The van der Waals surface area contributed by atoms with Crippen LogP contribution < -0.4 is 0 Å². The zero-order valence-electron chi connectivity index (χ0n) is 10.5. The molecule has 0 aromatic carbocycles. The Kier molecular flexibility index (Phi) is 5.22. The van der Waals surface area contributed by atoms with Crippen molar-refractivity contribution >= 4 is 5.71 Å². The number of ether oxygens (including phenoxy) is 2. The van der Waals surface area contributed by atoms with Gasteiger partial charge in [-0.3, -0.25) is 0 Å². The van der Waals surface area contributed by atoms with E-state index in [1.54, 1.807) is 7.11 Å². The molecule has 0 amide bonds. The van der Waals surface area contributed by atoms with Crippen LogP contribution in [0.15, 0.2) is 5.16 Å². The minimum Gasteiger partial charge on any atom is -0.411 e. The van der Waals surface area contributed by atoms with Crippen LogP contribution in [0.1, 0.15) is 46.0 Å². The largest absolute Gasteiger partial charge is 0.411 e. The van der Waals surface area contributed by atoms with Crippen LogP contribution in [0.3, 0.4) is 0 Å². The first-order valence-electron chi connectivity index (χ1n) is 5.94. The van der Waals surface area contributed by atoms with Crippen LogP contribution in [0.5, 0.6) is 0 Å². The molecule has 0 aromatic heterocycles. The van der Waals surface area contributed by atoms with Gasteiger partial charge in [-0.1, -0.05) is 5.16 Å². The van der Waals surface area contributed by atoms with E-state index in [4.69, 9.17) is 14.7 Å². The molecule has 16 heavy (non-hydrogen) atoms. The van der Waals surface area contributed by atoms with E-state index in [2.05, 4.69) is 19.0 Å². The van der Waals surface area contributed by atoms with Crippen molar-refractivity contribution in [1.29, 1.82) is 0 Å². The minimum absolute atomic E-state index is 0.105. The molecule has 1 aliphatic rings. The fourth-order valence-electron chi connectivity index (χ4n) is 1.76. The molecule has 0 atom stereocenters. The SMILES string of the molecule is COC(C)(C)CCOC1CCC(=NO)CC1. The highest BCUT2D eigenvalue weighted by Crippen LogP contribution is 2.20. The average Bonchev–Trinajstić information content (AvgIpc) is 2.30. The summed E-state index contributed by atoms with van der Waals surface area (Å²) in [6.45, 7) is 4.86. The molecule has 4 nitrogen and oxygen atoms in total. The lowest BCUT2D eigenvalue weighted by Crippen LogP contribution is -2.27. The van der Waals surface area contributed by atoms with Crippen LogP contribution in [-0.4, -0.2) is 36.3 Å². The molecule has 94 valence electrons. The molecule has 0 bridgehead atoms. The van der Waals surface area contributed by atoms with Crippen LogP contribution in [0.2, 0.25) is 0 Å². The summed E-state index contributed by atoms with van der Waals surface area (Å²) in [7, 11) is 1.73. The molecule has 0 aromatic rings. The predicted molar refractivity (Wildman–Crippen MR) is 63.1 cm³/mol. The Hall–Kier alpha value is -0.610. The Bertz CT molecular complexity index is 228. The van der Waals surface area contributed by atoms with Gasteiger partial charge in [0.2, 0.25) is 0 Å². The van der Waals surface area contributed by atoms with E-state index >= 15 is 0 Å². The molecule has 0 radical (unpaired) electrons. The maximum Gasteiger partial charge on any atom is 0.0644 e. The first kappa shape index (κ1) is 13.5. The Morgan fingerprint density at radius 2 is 2.00 bits per heavy atom. The summed E-state index contributed by atoms with van der Waals surface area (Å²) in [5, 5.41) is 11.9. The smallest absolute Gasteiger partial charge is 0.0644 e. The van der Waals surface area contributed by atoms with Gasteiger partial charge in [0, 0.05) is 13.7 Å². The second-order valence-corrected chi connectivity index (χ2v) is 4.95. The van der Waals surface area contributed by atoms with Gasteiger partial charge in [-0.15, -0.1) is 0 Å². The van der Waals surface area contributed by atoms with Crippen LogP contribution in [0, 0.1) is 0 Å². The molecule has 4 heteroatoms. The molecule has 1 N–H and O–H groups in total.